The van der Waals surface area contributed by atoms with Crippen LogP contribution in [-0.4, -0.2) is 10.5 Å². The minimum Gasteiger partial charge on any atom is -0.310 e. The highest BCUT2D eigenvalue weighted by atomic mass is 32.1. The van der Waals surface area contributed by atoms with Gasteiger partial charge in [-0.3, -0.25) is 4.79 Å². The van der Waals surface area contributed by atoms with Crippen LogP contribution < -0.4 is 4.80 Å². The topological polar surface area (TPSA) is 34.4 Å². The van der Waals surface area contributed by atoms with Gasteiger partial charge in [0.05, 0.1) is 10.2 Å². The van der Waals surface area contributed by atoms with Gasteiger partial charge in [0.1, 0.15) is 5.82 Å². The first-order valence-electron chi connectivity index (χ1n) is 7.24. The van der Waals surface area contributed by atoms with Gasteiger partial charge in [0.25, 0.3) is 5.91 Å². The van der Waals surface area contributed by atoms with Crippen molar-refractivity contribution in [2.45, 2.75) is 13.5 Å². The molecule has 1 amide bonds. The number of allylic oxidation sites excluding steroid dienone is 1. The standard InChI is InChI=1S/C18H14F2N2OS/c1-3-7-22-16-14(20)9-13(19)10-15(16)24-18(22)21-17(23)12-6-4-5-11(2)8-12/h3-6,8-10H,1,7H2,2H3. The summed E-state index contributed by atoms with van der Waals surface area (Å²) in [4.78, 5) is 16.8. The fraction of sp³-hybridized carbons (Fsp3) is 0.111. The summed E-state index contributed by atoms with van der Waals surface area (Å²) < 4.78 is 29.5. The SMILES string of the molecule is C=CCn1c(=NC(=O)c2cccc(C)c2)sc2cc(F)cc(F)c21. The minimum absolute atomic E-state index is 0.220. The van der Waals surface area contributed by atoms with Crippen LogP contribution in [0.5, 0.6) is 0 Å². The van der Waals surface area contributed by atoms with Gasteiger partial charge in [-0.15, -0.1) is 6.58 Å². The molecule has 1 heterocycles. The molecular formula is C18H14F2N2OS. The molecule has 0 aliphatic heterocycles. The van der Waals surface area contributed by atoms with Crippen LogP contribution in [0.3, 0.4) is 0 Å². The number of rotatable bonds is 3. The number of hydrogen-bond donors (Lipinski definition) is 0. The van der Waals surface area contributed by atoms with E-state index in [-0.39, 0.29) is 12.1 Å². The zero-order valence-corrected chi connectivity index (χ0v) is 13.7. The summed E-state index contributed by atoms with van der Waals surface area (Å²) in [6.45, 7) is 5.79. The van der Waals surface area contributed by atoms with Gasteiger partial charge in [-0.1, -0.05) is 35.1 Å². The molecule has 3 nitrogen and oxygen atoms in total. The van der Waals surface area contributed by atoms with Gasteiger partial charge in [-0.2, -0.15) is 4.99 Å². The third-order valence-electron chi connectivity index (χ3n) is 3.47. The van der Waals surface area contributed by atoms with Crippen molar-refractivity contribution in [2.24, 2.45) is 4.99 Å². The summed E-state index contributed by atoms with van der Waals surface area (Å²) in [5.41, 5.74) is 1.61. The number of amides is 1. The second-order valence-electron chi connectivity index (χ2n) is 5.30. The first-order valence-corrected chi connectivity index (χ1v) is 8.06. The lowest BCUT2D eigenvalue weighted by Gasteiger charge is -2.02. The third kappa shape index (κ3) is 3.05. The Labute approximate surface area is 141 Å². The fourth-order valence-electron chi connectivity index (χ4n) is 2.44. The van der Waals surface area contributed by atoms with Crippen molar-refractivity contribution < 1.29 is 13.6 Å². The Morgan fingerprint density at radius 2 is 2.12 bits per heavy atom. The Kier molecular flexibility index (Phi) is 4.40. The summed E-state index contributed by atoms with van der Waals surface area (Å²) in [6, 6.07) is 9.11. The van der Waals surface area contributed by atoms with Crippen molar-refractivity contribution in [3.63, 3.8) is 0 Å². The number of carbonyl (C=O) groups excluding carboxylic acids is 1. The molecule has 2 aromatic carbocycles. The Morgan fingerprint density at radius 3 is 2.83 bits per heavy atom. The number of benzene rings is 2. The summed E-state index contributed by atoms with van der Waals surface area (Å²) in [5, 5.41) is 0. The Bertz CT molecular complexity index is 1020. The van der Waals surface area contributed by atoms with E-state index in [9.17, 15) is 13.6 Å². The van der Waals surface area contributed by atoms with E-state index in [1.807, 2.05) is 13.0 Å². The van der Waals surface area contributed by atoms with Gasteiger partial charge < -0.3 is 4.57 Å². The molecule has 0 aliphatic rings. The molecule has 0 bridgehead atoms. The molecule has 0 unspecified atom stereocenters. The van der Waals surface area contributed by atoms with E-state index < -0.39 is 17.5 Å². The smallest absolute Gasteiger partial charge is 0.279 e. The first kappa shape index (κ1) is 16.3. The van der Waals surface area contributed by atoms with E-state index in [0.29, 0.717) is 15.1 Å². The van der Waals surface area contributed by atoms with E-state index in [2.05, 4.69) is 11.6 Å². The lowest BCUT2D eigenvalue weighted by atomic mass is 10.1. The number of carbonyl (C=O) groups is 1. The van der Waals surface area contributed by atoms with Gasteiger partial charge >= 0.3 is 0 Å². The quantitative estimate of drug-likeness (QED) is 0.655. The molecule has 122 valence electrons. The van der Waals surface area contributed by atoms with Gasteiger partial charge in [-0.25, -0.2) is 8.78 Å². The van der Waals surface area contributed by atoms with Crippen LogP contribution in [0.2, 0.25) is 0 Å². The van der Waals surface area contributed by atoms with E-state index in [4.69, 9.17) is 0 Å². The molecule has 0 N–H and O–H groups in total. The number of nitrogens with zero attached hydrogens (tertiary/aromatic N) is 2. The monoisotopic (exact) mass is 344 g/mol. The lowest BCUT2D eigenvalue weighted by Crippen LogP contribution is -2.16. The van der Waals surface area contributed by atoms with Crippen LogP contribution in [0, 0.1) is 18.6 Å². The number of hydrogen-bond acceptors (Lipinski definition) is 2. The maximum absolute atomic E-state index is 14.1. The average Bonchev–Trinajstić information content (AvgIpc) is 2.85. The van der Waals surface area contributed by atoms with Crippen molar-refractivity contribution in [3.8, 4) is 0 Å². The van der Waals surface area contributed by atoms with Crippen LogP contribution in [-0.2, 0) is 6.54 Å². The molecule has 6 heteroatoms. The fourth-order valence-corrected chi connectivity index (χ4v) is 3.52. The molecule has 0 fully saturated rings. The van der Waals surface area contributed by atoms with E-state index in [0.717, 1.165) is 23.0 Å². The van der Waals surface area contributed by atoms with Crippen LogP contribution in [0.15, 0.2) is 54.0 Å². The van der Waals surface area contributed by atoms with Crippen LogP contribution in [0.4, 0.5) is 8.78 Å². The second kappa shape index (κ2) is 6.49. The first-order chi connectivity index (χ1) is 11.5. The summed E-state index contributed by atoms with van der Waals surface area (Å²) in [6.07, 6.45) is 1.57. The highest BCUT2D eigenvalue weighted by Crippen LogP contribution is 2.22. The van der Waals surface area contributed by atoms with Crippen molar-refractivity contribution in [1.29, 1.82) is 0 Å². The van der Waals surface area contributed by atoms with E-state index >= 15 is 0 Å². The van der Waals surface area contributed by atoms with Gasteiger partial charge in [-0.05, 0) is 25.1 Å². The highest BCUT2D eigenvalue weighted by Gasteiger charge is 2.13. The zero-order chi connectivity index (χ0) is 17.3. The molecule has 24 heavy (non-hydrogen) atoms. The molecule has 0 saturated carbocycles. The Balaban J connectivity index is 2.21. The maximum Gasteiger partial charge on any atom is 0.279 e. The van der Waals surface area contributed by atoms with E-state index in [1.165, 1.54) is 10.6 Å². The van der Waals surface area contributed by atoms with Gasteiger partial charge in [0.15, 0.2) is 10.6 Å². The summed E-state index contributed by atoms with van der Waals surface area (Å²) in [5.74, 6) is -1.78. The molecule has 0 saturated heterocycles. The Morgan fingerprint density at radius 1 is 1.33 bits per heavy atom. The van der Waals surface area contributed by atoms with Crippen molar-refractivity contribution in [3.05, 3.63) is 76.6 Å². The summed E-state index contributed by atoms with van der Waals surface area (Å²) in [7, 11) is 0. The Hall–Kier alpha value is -2.60. The molecular weight excluding hydrogens is 330 g/mol. The molecule has 3 rings (SSSR count). The van der Waals surface area contributed by atoms with Crippen LogP contribution in [0.1, 0.15) is 15.9 Å². The van der Waals surface area contributed by atoms with Crippen LogP contribution in [0.25, 0.3) is 10.2 Å². The number of aryl methyl sites for hydroxylation is 1. The number of aromatic nitrogens is 1. The van der Waals surface area contributed by atoms with Crippen LogP contribution >= 0.6 is 11.3 Å². The van der Waals surface area contributed by atoms with Gasteiger partial charge in [0.2, 0.25) is 0 Å². The third-order valence-corrected chi connectivity index (χ3v) is 4.49. The van der Waals surface area contributed by atoms with E-state index in [1.54, 1.807) is 24.3 Å². The average molecular weight is 344 g/mol. The lowest BCUT2D eigenvalue weighted by molar-refractivity contribution is 0.0998. The number of fused-ring (bicyclic) bond motifs is 1. The molecule has 0 radical (unpaired) electrons. The zero-order valence-electron chi connectivity index (χ0n) is 12.9. The predicted molar refractivity (Wildman–Crippen MR) is 91.0 cm³/mol. The van der Waals surface area contributed by atoms with Crippen molar-refractivity contribution in [1.82, 2.24) is 4.57 Å². The van der Waals surface area contributed by atoms with Crippen molar-refractivity contribution in [2.75, 3.05) is 0 Å². The highest BCUT2D eigenvalue weighted by molar-refractivity contribution is 7.16. The largest absolute Gasteiger partial charge is 0.310 e. The predicted octanol–water partition coefficient (Wildman–Crippen LogP) is 4.22. The molecule has 0 atom stereocenters. The van der Waals surface area contributed by atoms with Crippen molar-refractivity contribution >= 4 is 27.5 Å². The maximum atomic E-state index is 14.1. The summed E-state index contributed by atoms with van der Waals surface area (Å²) >= 11 is 1.07. The normalized spacial score (nSPS) is 11.9. The minimum atomic E-state index is -0.687. The second-order valence-corrected chi connectivity index (χ2v) is 6.31. The number of thiazole rings is 1. The molecule has 0 spiro atoms. The molecule has 3 aromatic rings. The molecule has 0 aliphatic carbocycles. The van der Waals surface area contributed by atoms with Gasteiger partial charge in [0, 0.05) is 18.2 Å². The molecule has 1 aromatic heterocycles. The number of halogens is 2.